The summed E-state index contributed by atoms with van der Waals surface area (Å²) in [6.07, 6.45) is 6.25. The number of likely N-dealkylation sites (tertiary alicyclic amines) is 1. The molecule has 0 bridgehead atoms. The van der Waals surface area contributed by atoms with Crippen LogP contribution in [0.2, 0.25) is 5.02 Å². The highest BCUT2D eigenvalue weighted by Crippen LogP contribution is 2.35. The van der Waals surface area contributed by atoms with Crippen molar-refractivity contribution in [1.29, 1.82) is 5.26 Å². The van der Waals surface area contributed by atoms with Crippen molar-refractivity contribution in [3.8, 4) is 6.07 Å². The number of nitrogens with zero attached hydrogens (tertiary/aromatic N) is 3. The molecule has 2 heterocycles. The molecule has 1 aliphatic rings. The third-order valence-corrected chi connectivity index (χ3v) is 5.77. The van der Waals surface area contributed by atoms with Crippen LogP contribution in [0.1, 0.15) is 34.3 Å². The van der Waals surface area contributed by atoms with Crippen LogP contribution in [0.3, 0.4) is 0 Å². The number of alkyl halides is 2. The third-order valence-electron chi connectivity index (χ3n) is 5.54. The average Bonchev–Trinajstić information content (AvgIpc) is 2.80. The Kier molecular flexibility index (Phi) is 6.21. The highest BCUT2D eigenvalue weighted by atomic mass is 35.5. The lowest BCUT2D eigenvalue weighted by molar-refractivity contribution is -0.181. The first-order valence-electron chi connectivity index (χ1n) is 10.2. The quantitative estimate of drug-likeness (QED) is 0.457. The molecule has 1 aliphatic heterocycles. The largest absolute Gasteiger partial charge is 0.315 e. The highest BCUT2D eigenvalue weighted by molar-refractivity contribution is 6.31. The number of halogens is 3. The highest BCUT2D eigenvalue weighted by Gasteiger charge is 2.57. The molecule has 1 atom stereocenters. The third kappa shape index (κ3) is 4.76. The molecule has 1 amide bonds. The molecule has 1 aromatic heterocycles. The molecule has 3 aromatic rings. The van der Waals surface area contributed by atoms with Gasteiger partial charge in [0.2, 0.25) is 5.91 Å². The Balaban J connectivity index is 1.45. The molecule has 0 spiro atoms. The number of benzene rings is 2. The number of carbonyl (C=O) groups excluding carboxylic acids is 2. The van der Waals surface area contributed by atoms with Crippen LogP contribution in [0.25, 0.3) is 22.9 Å². The van der Waals surface area contributed by atoms with Gasteiger partial charge in [-0.15, -0.1) is 0 Å². The van der Waals surface area contributed by atoms with Crippen LogP contribution in [0.4, 0.5) is 8.78 Å². The van der Waals surface area contributed by atoms with Crippen molar-refractivity contribution in [2.45, 2.75) is 24.8 Å². The van der Waals surface area contributed by atoms with Gasteiger partial charge in [-0.1, -0.05) is 42.0 Å². The number of pyridine rings is 1. The second-order valence-electron chi connectivity index (χ2n) is 7.78. The summed E-state index contributed by atoms with van der Waals surface area (Å²) < 4.78 is 26.7. The molecule has 0 aliphatic carbocycles. The van der Waals surface area contributed by atoms with Gasteiger partial charge in [0.25, 0.3) is 5.92 Å². The van der Waals surface area contributed by atoms with Gasteiger partial charge in [0.05, 0.1) is 12.6 Å². The molecule has 2 aromatic carbocycles. The van der Waals surface area contributed by atoms with Crippen LogP contribution in [-0.4, -0.2) is 40.1 Å². The summed E-state index contributed by atoms with van der Waals surface area (Å²) in [5, 5.41) is 11.5. The van der Waals surface area contributed by atoms with E-state index in [0.717, 1.165) is 21.2 Å². The summed E-state index contributed by atoms with van der Waals surface area (Å²) >= 11 is 6.02. The number of Topliss-reactive ketones (excluding diaryl/α,β-unsaturated/α-hetero) is 1. The Morgan fingerprint density at radius 2 is 1.91 bits per heavy atom. The molecule has 8 heteroatoms. The lowest BCUT2D eigenvalue weighted by atomic mass is 9.97. The van der Waals surface area contributed by atoms with Crippen molar-refractivity contribution in [1.82, 2.24) is 9.88 Å². The van der Waals surface area contributed by atoms with Crippen molar-refractivity contribution in [3.63, 3.8) is 0 Å². The molecule has 1 fully saturated rings. The number of fused-ring (bicyclic) bond motifs is 1. The molecule has 1 saturated heterocycles. The van der Waals surface area contributed by atoms with Crippen LogP contribution >= 0.6 is 11.6 Å². The minimum Gasteiger partial charge on any atom is -0.315 e. The monoisotopic (exact) mass is 465 g/mol. The van der Waals surface area contributed by atoms with Gasteiger partial charge in [0, 0.05) is 41.4 Å². The Morgan fingerprint density at radius 1 is 1.15 bits per heavy atom. The van der Waals surface area contributed by atoms with Gasteiger partial charge in [-0.2, -0.15) is 5.26 Å². The van der Waals surface area contributed by atoms with Gasteiger partial charge in [-0.25, -0.2) is 8.78 Å². The minimum absolute atomic E-state index is 0.152. The summed E-state index contributed by atoms with van der Waals surface area (Å²) in [6, 6.07) is 12.7. The first-order valence-corrected chi connectivity index (χ1v) is 10.6. The van der Waals surface area contributed by atoms with Crippen molar-refractivity contribution in [2.75, 3.05) is 6.54 Å². The summed E-state index contributed by atoms with van der Waals surface area (Å²) in [6.45, 7) is -0.792. The minimum atomic E-state index is -3.20. The topological polar surface area (TPSA) is 74.1 Å². The zero-order valence-corrected chi connectivity index (χ0v) is 18.1. The van der Waals surface area contributed by atoms with Gasteiger partial charge in [0.15, 0.2) is 11.8 Å². The van der Waals surface area contributed by atoms with Crippen LogP contribution in [0, 0.1) is 11.3 Å². The van der Waals surface area contributed by atoms with E-state index in [1.807, 2.05) is 42.5 Å². The molecule has 5 nitrogen and oxygen atoms in total. The summed E-state index contributed by atoms with van der Waals surface area (Å²) in [7, 11) is 0. The second-order valence-corrected chi connectivity index (χ2v) is 8.22. The van der Waals surface area contributed by atoms with E-state index in [1.54, 1.807) is 18.3 Å². The first kappa shape index (κ1) is 22.6. The molecule has 0 unspecified atom stereocenters. The molecule has 0 N–H and O–H groups in total. The molecule has 0 radical (unpaired) electrons. The fourth-order valence-corrected chi connectivity index (χ4v) is 3.91. The Hall–Kier alpha value is -3.63. The normalized spacial score (nSPS) is 17.0. The van der Waals surface area contributed by atoms with Gasteiger partial charge in [-0.3, -0.25) is 14.6 Å². The number of aromatic nitrogens is 1. The molecular weight excluding hydrogens is 448 g/mol. The van der Waals surface area contributed by atoms with E-state index in [-0.39, 0.29) is 18.6 Å². The lowest BCUT2D eigenvalue weighted by Crippen LogP contribution is -2.66. The van der Waals surface area contributed by atoms with Crippen molar-refractivity contribution in [3.05, 3.63) is 76.6 Å². The van der Waals surface area contributed by atoms with Crippen molar-refractivity contribution < 1.29 is 18.4 Å². The van der Waals surface area contributed by atoms with Crippen molar-refractivity contribution in [2.24, 2.45) is 0 Å². The number of carbonyl (C=O) groups is 2. The molecular formula is C25H18ClF2N3O2. The van der Waals surface area contributed by atoms with Crippen molar-refractivity contribution >= 4 is 46.2 Å². The van der Waals surface area contributed by atoms with Crippen LogP contribution in [-0.2, 0) is 4.79 Å². The predicted molar refractivity (Wildman–Crippen MR) is 122 cm³/mol. The molecule has 4 rings (SSSR count). The van der Waals surface area contributed by atoms with E-state index in [2.05, 4.69) is 4.98 Å². The predicted octanol–water partition coefficient (Wildman–Crippen LogP) is 5.39. The number of hydrogen-bond donors (Lipinski definition) is 0. The van der Waals surface area contributed by atoms with E-state index in [1.165, 1.54) is 12.3 Å². The molecule has 33 heavy (non-hydrogen) atoms. The smallest absolute Gasteiger partial charge is 0.298 e. The molecule has 166 valence electrons. The fourth-order valence-electron chi connectivity index (χ4n) is 3.73. The Labute approximate surface area is 193 Å². The number of ketones is 1. The first-order chi connectivity index (χ1) is 15.8. The van der Waals surface area contributed by atoms with Gasteiger partial charge in [-0.05, 0) is 40.6 Å². The maximum absolute atomic E-state index is 13.4. The number of amides is 1. The van der Waals surface area contributed by atoms with Gasteiger partial charge in [0.1, 0.15) is 0 Å². The summed E-state index contributed by atoms with van der Waals surface area (Å²) in [5.41, 5.74) is 1.88. The SMILES string of the molecule is N#C[C@H]1N(C(=O)CCC(=O)c2ccncc2/C=C/c2ccc3cc(Cl)ccc3c2)CC1(F)F. The van der Waals surface area contributed by atoms with Crippen LogP contribution in [0.5, 0.6) is 0 Å². The van der Waals surface area contributed by atoms with E-state index in [0.29, 0.717) is 16.1 Å². The number of hydrogen-bond acceptors (Lipinski definition) is 4. The average molecular weight is 466 g/mol. The lowest BCUT2D eigenvalue weighted by Gasteiger charge is -2.43. The van der Waals surface area contributed by atoms with E-state index < -0.39 is 24.4 Å². The van der Waals surface area contributed by atoms with Crippen LogP contribution in [0.15, 0.2) is 54.9 Å². The Morgan fingerprint density at radius 3 is 2.67 bits per heavy atom. The standard InChI is InChI=1S/C25H18ClF2N3O2/c26-20-6-5-17-11-16(1-3-18(17)12-20)2-4-19-14-30-10-9-21(19)22(32)7-8-24(33)31-15-25(27,28)23(31)13-29/h1-6,9-12,14,23H,7-8,15H2/b4-2+/t23-/m1/s1. The number of rotatable bonds is 6. The zero-order valence-electron chi connectivity index (χ0n) is 17.3. The summed E-state index contributed by atoms with van der Waals surface area (Å²) in [5.74, 6) is -4.14. The van der Waals surface area contributed by atoms with Gasteiger partial charge >= 0.3 is 0 Å². The second kappa shape index (κ2) is 9.08. The maximum atomic E-state index is 13.4. The zero-order chi connectivity index (χ0) is 23.6. The van der Waals surface area contributed by atoms with Gasteiger partial charge < -0.3 is 4.90 Å². The van der Waals surface area contributed by atoms with E-state index >= 15 is 0 Å². The number of nitriles is 1. The Bertz CT molecular complexity index is 1320. The van der Waals surface area contributed by atoms with E-state index in [4.69, 9.17) is 16.9 Å². The van der Waals surface area contributed by atoms with Crippen LogP contribution < -0.4 is 0 Å². The maximum Gasteiger partial charge on any atom is 0.298 e. The summed E-state index contributed by atoms with van der Waals surface area (Å²) in [4.78, 5) is 29.8. The van der Waals surface area contributed by atoms with E-state index in [9.17, 15) is 18.4 Å². The molecule has 0 saturated carbocycles. The fraction of sp³-hybridized carbons (Fsp3) is 0.200.